The molecular weight excluding hydrogens is 172 g/mol. The SMILES string of the molecule is Nc1c(C(=O)O)ccc2oncc12. The van der Waals surface area contributed by atoms with E-state index in [1.165, 1.54) is 18.3 Å². The van der Waals surface area contributed by atoms with Crippen molar-refractivity contribution in [3.8, 4) is 0 Å². The fourth-order valence-corrected chi connectivity index (χ4v) is 1.15. The van der Waals surface area contributed by atoms with Gasteiger partial charge in [0.05, 0.1) is 22.8 Å². The third-order valence-electron chi connectivity index (χ3n) is 1.81. The summed E-state index contributed by atoms with van der Waals surface area (Å²) >= 11 is 0. The maximum absolute atomic E-state index is 10.7. The number of aromatic nitrogens is 1. The normalized spacial score (nSPS) is 10.5. The average Bonchev–Trinajstić information content (AvgIpc) is 2.52. The van der Waals surface area contributed by atoms with Crippen LogP contribution in [0.2, 0.25) is 0 Å². The average molecular weight is 178 g/mol. The third-order valence-corrected chi connectivity index (χ3v) is 1.81. The highest BCUT2D eigenvalue weighted by Gasteiger charge is 2.12. The van der Waals surface area contributed by atoms with E-state index in [0.29, 0.717) is 11.0 Å². The van der Waals surface area contributed by atoms with Crippen LogP contribution in [0.5, 0.6) is 0 Å². The predicted molar refractivity (Wildman–Crippen MR) is 45.4 cm³/mol. The molecule has 0 radical (unpaired) electrons. The molecule has 1 aromatic heterocycles. The number of carboxylic acids is 1. The number of aromatic carboxylic acids is 1. The zero-order valence-electron chi connectivity index (χ0n) is 6.52. The first-order chi connectivity index (χ1) is 6.20. The number of carbonyl (C=O) groups is 1. The van der Waals surface area contributed by atoms with Gasteiger partial charge in [0.15, 0.2) is 5.58 Å². The number of hydrogen-bond donors (Lipinski definition) is 2. The Morgan fingerprint density at radius 3 is 3.00 bits per heavy atom. The Balaban J connectivity index is 2.80. The van der Waals surface area contributed by atoms with Gasteiger partial charge in [-0.3, -0.25) is 0 Å². The van der Waals surface area contributed by atoms with E-state index in [4.69, 9.17) is 15.4 Å². The molecule has 0 unspecified atom stereocenters. The Morgan fingerprint density at radius 1 is 1.54 bits per heavy atom. The highest BCUT2D eigenvalue weighted by Crippen LogP contribution is 2.24. The van der Waals surface area contributed by atoms with Crippen molar-refractivity contribution < 1.29 is 14.4 Å². The molecule has 13 heavy (non-hydrogen) atoms. The number of fused-ring (bicyclic) bond motifs is 1. The summed E-state index contributed by atoms with van der Waals surface area (Å²) in [6.45, 7) is 0. The lowest BCUT2D eigenvalue weighted by Gasteiger charge is -1.99. The Labute approximate surface area is 72.7 Å². The molecule has 0 saturated heterocycles. The molecule has 0 amide bonds. The van der Waals surface area contributed by atoms with Crippen molar-refractivity contribution in [2.24, 2.45) is 0 Å². The van der Waals surface area contributed by atoms with Gasteiger partial charge < -0.3 is 15.4 Å². The number of nitrogens with two attached hydrogens (primary N) is 1. The molecule has 66 valence electrons. The van der Waals surface area contributed by atoms with E-state index in [-0.39, 0.29) is 11.3 Å². The maximum Gasteiger partial charge on any atom is 0.337 e. The van der Waals surface area contributed by atoms with Gasteiger partial charge in [-0.25, -0.2) is 4.79 Å². The van der Waals surface area contributed by atoms with E-state index in [2.05, 4.69) is 5.16 Å². The molecule has 1 heterocycles. The lowest BCUT2D eigenvalue weighted by atomic mass is 10.1. The molecule has 0 atom stereocenters. The Bertz CT molecular complexity index is 475. The smallest absolute Gasteiger partial charge is 0.337 e. The van der Waals surface area contributed by atoms with Crippen molar-refractivity contribution in [3.63, 3.8) is 0 Å². The van der Waals surface area contributed by atoms with Gasteiger partial charge in [-0.2, -0.15) is 0 Å². The van der Waals surface area contributed by atoms with Crippen LogP contribution >= 0.6 is 0 Å². The van der Waals surface area contributed by atoms with Crippen molar-refractivity contribution in [2.45, 2.75) is 0 Å². The molecule has 2 aromatic rings. The molecule has 0 aliphatic heterocycles. The lowest BCUT2D eigenvalue weighted by Crippen LogP contribution is -2.01. The van der Waals surface area contributed by atoms with Crippen LogP contribution in [-0.2, 0) is 0 Å². The fourth-order valence-electron chi connectivity index (χ4n) is 1.15. The van der Waals surface area contributed by atoms with Gasteiger partial charge in [-0.15, -0.1) is 0 Å². The van der Waals surface area contributed by atoms with Crippen LogP contribution in [0, 0.1) is 0 Å². The second-order valence-corrected chi connectivity index (χ2v) is 2.57. The summed E-state index contributed by atoms with van der Waals surface area (Å²) in [5, 5.41) is 12.8. The van der Waals surface area contributed by atoms with Crippen LogP contribution in [0.1, 0.15) is 10.4 Å². The Hall–Kier alpha value is -2.04. The number of carboxylic acid groups (broad SMARTS) is 1. The number of benzene rings is 1. The first-order valence-corrected chi connectivity index (χ1v) is 3.56. The first kappa shape index (κ1) is 7.60. The molecule has 0 fully saturated rings. The van der Waals surface area contributed by atoms with Crippen LogP contribution in [0.15, 0.2) is 22.9 Å². The minimum Gasteiger partial charge on any atom is -0.478 e. The van der Waals surface area contributed by atoms with Gasteiger partial charge in [0.25, 0.3) is 0 Å². The van der Waals surface area contributed by atoms with Crippen molar-refractivity contribution in [1.29, 1.82) is 0 Å². The van der Waals surface area contributed by atoms with E-state index < -0.39 is 5.97 Å². The van der Waals surface area contributed by atoms with Crippen LogP contribution in [0.25, 0.3) is 11.0 Å². The summed E-state index contributed by atoms with van der Waals surface area (Å²) in [4.78, 5) is 10.7. The quantitative estimate of drug-likeness (QED) is 0.638. The predicted octanol–water partition coefficient (Wildman–Crippen LogP) is 1.11. The summed E-state index contributed by atoms with van der Waals surface area (Å²) in [7, 11) is 0. The lowest BCUT2D eigenvalue weighted by molar-refractivity contribution is 0.0698. The molecule has 0 aliphatic carbocycles. The van der Waals surface area contributed by atoms with Gasteiger partial charge in [-0.05, 0) is 12.1 Å². The van der Waals surface area contributed by atoms with E-state index >= 15 is 0 Å². The summed E-state index contributed by atoms with van der Waals surface area (Å²) in [6, 6.07) is 2.92. The minimum atomic E-state index is -1.06. The first-order valence-electron chi connectivity index (χ1n) is 3.56. The van der Waals surface area contributed by atoms with E-state index in [1.807, 2.05) is 0 Å². The van der Waals surface area contributed by atoms with E-state index in [1.54, 1.807) is 0 Å². The fraction of sp³-hybridized carbons (Fsp3) is 0. The summed E-state index contributed by atoms with van der Waals surface area (Å²) in [5.74, 6) is -1.06. The van der Waals surface area contributed by atoms with Gasteiger partial charge in [0.1, 0.15) is 0 Å². The standard InChI is InChI=1S/C8H6N2O3/c9-7-4(8(11)12)1-2-6-5(7)3-10-13-6/h1-3H,9H2,(H,11,12). The Morgan fingerprint density at radius 2 is 2.31 bits per heavy atom. The van der Waals surface area contributed by atoms with Gasteiger partial charge >= 0.3 is 5.97 Å². The number of rotatable bonds is 1. The topological polar surface area (TPSA) is 89.4 Å². The highest BCUT2D eigenvalue weighted by molar-refractivity contribution is 6.03. The molecular formula is C8H6N2O3. The largest absolute Gasteiger partial charge is 0.478 e. The minimum absolute atomic E-state index is 0.0655. The second kappa shape index (κ2) is 2.48. The molecule has 0 aliphatic rings. The van der Waals surface area contributed by atoms with Crippen molar-refractivity contribution in [1.82, 2.24) is 5.16 Å². The molecule has 5 heteroatoms. The number of nitrogen functional groups attached to an aromatic ring is 1. The third kappa shape index (κ3) is 1.01. The van der Waals surface area contributed by atoms with Crippen LogP contribution < -0.4 is 5.73 Å². The number of hydrogen-bond acceptors (Lipinski definition) is 4. The maximum atomic E-state index is 10.7. The van der Waals surface area contributed by atoms with Crippen LogP contribution in [-0.4, -0.2) is 16.2 Å². The molecule has 3 N–H and O–H groups in total. The molecule has 0 bridgehead atoms. The zero-order valence-corrected chi connectivity index (χ0v) is 6.52. The van der Waals surface area contributed by atoms with Gasteiger partial charge in [0.2, 0.25) is 0 Å². The van der Waals surface area contributed by atoms with E-state index in [0.717, 1.165) is 0 Å². The summed E-state index contributed by atoms with van der Waals surface area (Å²) < 4.78 is 4.81. The molecule has 0 saturated carbocycles. The summed E-state index contributed by atoms with van der Waals surface area (Å²) in [5.41, 5.74) is 6.32. The van der Waals surface area contributed by atoms with Gasteiger partial charge in [-0.1, -0.05) is 5.16 Å². The van der Waals surface area contributed by atoms with Crippen molar-refractivity contribution in [2.75, 3.05) is 5.73 Å². The molecule has 5 nitrogen and oxygen atoms in total. The van der Waals surface area contributed by atoms with Crippen molar-refractivity contribution >= 4 is 22.6 Å². The number of nitrogens with zero attached hydrogens (tertiary/aromatic N) is 1. The monoisotopic (exact) mass is 178 g/mol. The molecule has 2 rings (SSSR count). The number of anilines is 1. The second-order valence-electron chi connectivity index (χ2n) is 2.57. The summed E-state index contributed by atoms with van der Waals surface area (Å²) in [6.07, 6.45) is 1.40. The molecule has 1 aromatic carbocycles. The van der Waals surface area contributed by atoms with Crippen LogP contribution in [0.3, 0.4) is 0 Å². The highest BCUT2D eigenvalue weighted by atomic mass is 16.5. The van der Waals surface area contributed by atoms with Gasteiger partial charge in [0, 0.05) is 0 Å². The molecule has 0 spiro atoms. The Kier molecular flexibility index (Phi) is 1.45. The van der Waals surface area contributed by atoms with Crippen LogP contribution in [0.4, 0.5) is 5.69 Å². The zero-order chi connectivity index (χ0) is 9.42. The van der Waals surface area contributed by atoms with E-state index in [9.17, 15) is 4.79 Å². The van der Waals surface area contributed by atoms with Crippen molar-refractivity contribution in [3.05, 3.63) is 23.9 Å².